The van der Waals surface area contributed by atoms with Crippen molar-refractivity contribution < 1.29 is 8.42 Å². The Labute approximate surface area is 123 Å². The Kier molecular flexibility index (Phi) is 3.64. The minimum atomic E-state index is -3.49. The van der Waals surface area contributed by atoms with Crippen molar-refractivity contribution in [1.82, 2.24) is 19.1 Å². The van der Waals surface area contributed by atoms with Crippen molar-refractivity contribution in [3.05, 3.63) is 36.4 Å². The van der Waals surface area contributed by atoms with Crippen LogP contribution in [0.1, 0.15) is 12.7 Å². The maximum atomic E-state index is 12.6. The van der Waals surface area contributed by atoms with Crippen molar-refractivity contribution in [2.75, 3.05) is 18.4 Å². The Morgan fingerprint density at radius 2 is 2.00 bits per heavy atom. The zero-order chi connectivity index (χ0) is 14.9. The second-order valence-electron chi connectivity index (χ2n) is 4.83. The van der Waals surface area contributed by atoms with Crippen LogP contribution in [0, 0.1) is 0 Å². The fourth-order valence-corrected chi connectivity index (χ4v) is 3.73. The van der Waals surface area contributed by atoms with Crippen molar-refractivity contribution in [1.29, 1.82) is 0 Å². The second-order valence-corrected chi connectivity index (χ2v) is 6.77. The van der Waals surface area contributed by atoms with Gasteiger partial charge in [-0.25, -0.2) is 8.42 Å². The highest BCUT2D eigenvalue weighted by Gasteiger charge is 2.29. The van der Waals surface area contributed by atoms with Crippen LogP contribution >= 0.6 is 0 Å². The molecule has 1 aromatic carbocycles. The molecule has 0 atom stereocenters. The molecule has 0 aliphatic carbocycles. The smallest absolute Gasteiger partial charge is 0.243 e. The third-order valence-electron chi connectivity index (χ3n) is 3.48. The van der Waals surface area contributed by atoms with E-state index in [0.29, 0.717) is 23.8 Å². The first-order chi connectivity index (χ1) is 10.1. The zero-order valence-corrected chi connectivity index (χ0v) is 12.5. The first kappa shape index (κ1) is 14.0. The van der Waals surface area contributed by atoms with Crippen molar-refractivity contribution in [2.24, 2.45) is 0 Å². The van der Waals surface area contributed by atoms with Gasteiger partial charge in [-0.05, 0) is 31.2 Å². The Morgan fingerprint density at radius 3 is 2.71 bits per heavy atom. The van der Waals surface area contributed by atoms with Gasteiger partial charge < -0.3 is 9.88 Å². The molecule has 1 aliphatic heterocycles. The third kappa shape index (κ3) is 2.64. The molecule has 0 amide bonds. The van der Waals surface area contributed by atoms with E-state index in [2.05, 4.69) is 15.5 Å². The highest BCUT2D eigenvalue weighted by atomic mass is 32.2. The summed E-state index contributed by atoms with van der Waals surface area (Å²) >= 11 is 0. The number of hydrogen-bond acceptors (Lipinski definition) is 5. The molecule has 1 N–H and O–H groups in total. The van der Waals surface area contributed by atoms with Crippen LogP contribution in [0.4, 0.5) is 5.69 Å². The van der Waals surface area contributed by atoms with Crippen LogP contribution in [0.15, 0.2) is 35.5 Å². The van der Waals surface area contributed by atoms with Crippen LogP contribution in [0.3, 0.4) is 0 Å². The summed E-state index contributed by atoms with van der Waals surface area (Å²) in [7, 11) is -3.49. The fourth-order valence-electron chi connectivity index (χ4n) is 2.35. The van der Waals surface area contributed by atoms with Crippen LogP contribution in [0.25, 0.3) is 0 Å². The number of sulfonamides is 1. The molecule has 21 heavy (non-hydrogen) atoms. The van der Waals surface area contributed by atoms with E-state index in [1.54, 1.807) is 30.6 Å². The normalized spacial score (nSPS) is 15.7. The van der Waals surface area contributed by atoms with Gasteiger partial charge in [-0.1, -0.05) is 0 Å². The molecule has 2 heterocycles. The van der Waals surface area contributed by atoms with E-state index in [9.17, 15) is 8.42 Å². The number of nitrogens with one attached hydrogen (secondary N) is 1. The van der Waals surface area contributed by atoms with E-state index >= 15 is 0 Å². The molecule has 0 saturated heterocycles. The van der Waals surface area contributed by atoms with E-state index in [-0.39, 0.29) is 6.54 Å². The lowest BCUT2D eigenvalue weighted by Crippen LogP contribution is -2.38. The number of benzene rings is 1. The zero-order valence-electron chi connectivity index (χ0n) is 11.7. The van der Waals surface area contributed by atoms with Gasteiger partial charge >= 0.3 is 0 Å². The molecule has 7 nitrogen and oxygen atoms in total. The van der Waals surface area contributed by atoms with Gasteiger partial charge in [0.2, 0.25) is 10.0 Å². The number of anilines is 1. The number of nitrogens with zero attached hydrogens (tertiary/aromatic N) is 4. The van der Waals surface area contributed by atoms with Crippen molar-refractivity contribution in [2.45, 2.75) is 24.9 Å². The Morgan fingerprint density at radius 1 is 1.24 bits per heavy atom. The topological polar surface area (TPSA) is 80.1 Å². The first-order valence-electron chi connectivity index (χ1n) is 6.82. The van der Waals surface area contributed by atoms with E-state index < -0.39 is 10.0 Å². The van der Waals surface area contributed by atoms with Gasteiger partial charge in [0, 0.05) is 25.3 Å². The molecule has 0 spiro atoms. The van der Waals surface area contributed by atoms with Gasteiger partial charge in [0.05, 0.1) is 11.4 Å². The Balaban J connectivity index is 1.84. The maximum absolute atomic E-state index is 12.6. The van der Waals surface area contributed by atoms with Gasteiger partial charge in [-0.15, -0.1) is 10.2 Å². The van der Waals surface area contributed by atoms with Crippen LogP contribution in [-0.4, -0.2) is 40.6 Å². The third-order valence-corrected chi connectivity index (χ3v) is 5.34. The molecule has 8 heteroatoms. The molecule has 3 rings (SSSR count). The molecule has 0 saturated carbocycles. The average molecular weight is 307 g/mol. The maximum Gasteiger partial charge on any atom is 0.243 e. The molecule has 1 aromatic heterocycles. The number of fused-ring (bicyclic) bond motifs is 1. The van der Waals surface area contributed by atoms with Gasteiger partial charge in [0.15, 0.2) is 0 Å². The standard InChI is InChI=1S/C13H17N5O2S/c1-2-14-11-3-5-12(6-4-11)21(19,20)18-8-7-17-10-15-16-13(17)9-18/h3-6,10,14H,2,7-9H2,1H3. The highest BCUT2D eigenvalue weighted by Crippen LogP contribution is 2.22. The van der Waals surface area contributed by atoms with E-state index in [1.807, 2.05) is 11.5 Å². The number of rotatable bonds is 4. The molecule has 0 unspecified atom stereocenters. The lowest BCUT2D eigenvalue weighted by atomic mass is 10.3. The predicted molar refractivity (Wildman–Crippen MR) is 78.2 cm³/mol. The SMILES string of the molecule is CCNc1ccc(S(=O)(=O)N2CCn3cnnc3C2)cc1. The first-order valence-corrected chi connectivity index (χ1v) is 8.26. The summed E-state index contributed by atoms with van der Waals surface area (Å²) in [4.78, 5) is 0.303. The summed E-state index contributed by atoms with van der Waals surface area (Å²) in [5.41, 5.74) is 0.912. The largest absolute Gasteiger partial charge is 0.385 e. The Hall–Kier alpha value is -1.93. The molecule has 0 fully saturated rings. The molecule has 0 radical (unpaired) electrons. The average Bonchev–Trinajstić information content (AvgIpc) is 2.95. The van der Waals surface area contributed by atoms with Crippen LogP contribution in [0.2, 0.25) is 0 Å². The minimum Gasteiger partial charge on any atom is -0.385 e. The summed E-state index contributed by atoms with van der Waals surface area (Å²) < 4.78 is 28.6. The monoisotopic (exact) mass is 307 g/mol. The van der Waals surface area contributed by atoms with Crippen LogP contribution in [0.5, 0.6) is 0 Å². The number of hydrogen-bond donors (Lipinski definition) is 1. The number of aromatic nitrogens is 3. The van der Waals surface area contributed by atoms with Crippen LogP contribution in [-0.2, 0) is 23.1 Å². The molecular weight excluding hydrogens is 290 g/mol. The fraction of sp³-hybridized carbons (Fsp3) is 0.385. The lowest BCUT2D eigenvalue weighted by Gasteiger charge is -2.26. The minimum absolute atomic E-state index is 0.261. The van der Waals surface area contributed by atoms with Crippen molar-refractivity contribution in [3.63, 3.8) is 0 Å². The van der Waals surface area contributed by atoms with Crippen LogP contribution < -0.4 is 5.32 Å². The predicted octanol–water partition coefficient (Wildman–Crippen LogP) is 0.914. The molecule has 0 bridgehead atoms. The summed E-state index contributed by atoms with van der Waals surface area (Å²) in [5, 5.41) is 10.9. The lowest BCUT2D eigenvalue weighted by molar-refractivity contribution is 0.335. The molecule has 1 aliphatic rings. The van der Waals surface area contributed by atoms with Gasteiger partial charge in [-0.2, -0.15) is 4.31 Å². The Bertz CT molecular complexity index is 723. The van der Waals surface area contributed by atoms with Crippen molar-refractivity contribution >= 4 is 15.7 Å². The van der Waals surface area contributed by atoms with Crippen molar-refractivity contribution in [3.8, 4) is 0 Å². The molecule has 2 aromatic rings. The van der Waals surface area contributed by atoms with E-state index in [0.717, 1.165) is 12.2 Å². The second kappa shape index (κ2) is 5.45. The summed E-state index contributed by atoms with van der Waals surface area (Å²) in [6.45, 7) is 4.07. The van der Waals surface area contributed by atoms with E-state index in [4.69, 9.17) is 0 Å². The molecular formula is C13H17N5O2S. The van der Waals surface area contributed by atoms with E-state index in [1.165, 1.54) is 4.31 Å². The highest BCUT2D eigenvalue weighted by molar-refractivity contribution is 7.89. The van der Waals surface area contributed by atoms with Gasteiger partial charge in [0.1, 0.15) is 12.2 Å². The summed E-state index contributed by atoms with van der Waals surface area (Å²) in [5.74, 6) is 0.675. The van der Waals surface area contributed by atoms with Gasteiger partial charge in [-0.3, -0.25) is 0 Å². The molecule has 112 valence electrons. The summed E-state index contributed by atoms with van der Waals surface area (Å²) in [6, 6.07) is 6.82. The summed E-state index contributed by atoms with van der Waals surface area (Å²) in [6.07, 6.45) is 1.63. The van der Waals surface area contributed by atoms with Gasteiger partial charge in [0.25, 0.3) is 0 Å². The quantitative estimate of drug-likeness (QED) is 0.908.